The average Bonchev–Trinajstić information content (AvgIpc) is 2.51. The van der Waals surface area contributed by atoms with E-state index in [9.17, 15) is 0 Å². The fourth-order valence-corrected chi connectivity index (χ4v) is 4.07. The highest BCUT2D eigenvalue weighted by atomic mass is 32.2. The molecule has 0 aromatic rings. The molecule has 0 radical (unpaired) electrons. The minimum absolute atomic E-state index is 0.994. The predicted molar refractivity (Wildman–Crippen MR) is 60.2 cm³/mol. The number of thioether (sulfide) groups is 1. The molecule has 1 aliphatic carbocycles. The Kier molecular flexibility index (Phi) is 3.56. The Morgan fingerprint density at radius 1 is 1.31 bits per heavy atom. The number of nitrogens with one attached hydrogen (secondary N) is 1. The van der Waals surface area contributed by atoms with Crippen LogP contribution in [0.1, 0.15) is 25.7 Å². The first-order valence-corrected chi connectivity index (χ1v) is 6.79. The molecule has 2 unspecified atom stereocenters. The summed E-state index contributed by atoms with van der Waals surface area (Å²) in [6, 6.07) is 0. The Hall–Kier alpha value is 0.310. The van der Waals surface area contributed by atoms with Gasteiger partial charge in [0.15, 0.2) is 0 Å². The van der Waals surface area contributed by atoms with Crippen molar-refractivity contribution in [3.8, 4) is 0 Å². The summed E-state index contributed by atoms with van der Waals surface area (Å²) in [5.41, 5.74) is 0. The van der Waals surface area contributed by atoms with E-state index in [0.717, 1.165) is 17.8 Å². The van der Waals surface area contributed by atoms with Crippen molar-refractivity contribution >= 4 is 11.8 Å². The van der Waals surface area contributed by atoms with Crippen LogP contribution in [0.25, 0.3) is 0 Å². The molecular formula is C11H21NS. The molecule has 0 spiro atoms. The molecule has 2 aliphatic rings. The maximum absolute atomic E-state index is 3.38. The fourth-order valence-electron chi connectivity index (χ4n) is 2.71. The number of hydrogen-bond donors (Lipinski definition) is 1. The lowest BCUT2D eigenvalue weighted by atomic mass is 9.70. The standard InChI is InChI=1S/C11H21NS/c1-12-7-11(9-3-2-4-9)10-5-6-13-8-10/h9-12H,2-8H2,1H3. The van der Waals surface area contributed by atoms with Crippen molar-refractivity contribution in [2.75, 3.05) is 25.1 Å². The predicted octanol–water partition coefficient (Wildman–Crippen LogP) is 2.38. The second-order valence-corrected chi connectivity index (χ2v) is 5.69. The zero-order valence-corrected chi connectivity index (χ0v) is 9.41. The summed E-state index contributed by atoms with van der Waals surface area (Å²) >= 11 is 2.16. The first-order chi connectivity index (χ1) is 6.42. The molecule has 2 atom stereocenters. The number of rotatable bonds is 4. The molecular weight excluding hydrogens is 178 g/mol. The summed E-state index contributed by atoms with van der Waals surface area (Å²) < 4.78 is 0. The fraction of sp³-hybridized carbons (Fsp3) is 1.00. The second-order valence-electron chi connectivity index (χ2n) is 4.54. The van der Waals surface area contributed by atoms with E-state index in [1.807, 2.05) is 0 Å². The van der Waals surface area contributed by atoms with Gasteiger partial charge < -0.3 is 5.32 Å². The summed E-state index contributed by atoms with van der Waals surface area (Å²) in [5.74, 6) is 5.94. The van der Waals surface area contributed by atoms with Gasteiger partial charge in [-0.05, 0) is 49.3 Å². The van der Waals surface area contributed by atoms with Crippen LogP contribution in [0.5, 0.6) is 0 Å². The van der Waals surface area contributed by atoms with Crippen molar-refractivity contribution in [1.82, 2.24) is 5.32 Å². The zero-order chi connectivity index (χ0) is 9.10. The minimum atomic E-state index is 0.994. The Morgan fingerprint density at radius 3 is 2.62 bits per heavy atom. The second kappa shape index (κ2) is 4.70. The molecule has 1 saturated heterocycles. The van der Waals surface area contributed by atoms with Gasteiger partial charge in [-0.2, -0.15) is 11.8 Å². The van der Waals surface area contributed by atoms with Crippen LogP contribution in [0, 0.1) is 17.8 Å². The van der Waals surface area contributed by atoms with Crippen molar-refractivity contribution in [2.45, 2.75) is 25.7 Å². The van der Waals surface area contributed by atoms with Gasteiger partial charge in [-0.1, -0.05) is 19.3 Å². The van der Waals surface area contributed by atoms with E-state index in [0.29, 0.717) is 0 Å². The summed E-state index contributed by atoms with van der Waals surface area (Å²) in [7, 11) is 2.10. The van der Waals surface area contributed by atoms with Crippen molar-refractivity contribution in [2.24, 2.45) is 17.8 Å². The van der Waals surface area contributed by atoms with Crippen LogP contribution in [-0.4, -0.2) is 25.1 Å². The van der Waals surface area contributed by atoms with E-state index in [1.165, 1.54) is 43.7 Å². The zero-order valence-electron chi connectivity index (χ0n) is 8.59. The van der Waals surface area contributed by atoms with Crippen LogP contribution in [0.3, 0.4) is 0 Å². The van der Waals surface area contributed by atoms with E-state index < -0.39 is 0 Å². The molecule has 0 aromatic heterocycles. The van der Waals surface area contributed by atoms with Gasteiger partial charge in [0.1, 0.15) is 0 Å². The molecule has 2 fully saturated rings. The molecule has 13 heavy (non-hydrogen) atoms. The first-order valence-electron chi connectivity index (χ1n) is 5.64. The summed E-state index contributed by atoms with van der Waals surface area (Å²) in [5, 5.41) is 3.38. The van der Waals surface area contributed by atoms with E-state index in [4.69, 9.17) is 0 Å². The van der Waals surface area contributed by atoms with Gasteiger partial charge in [0.2, 0.25) is 0 Å². The van der Waals surface area contributed by atoms with E-state index >= 15 is 0 Å². The quantitative estimate of drug-likeness (QED) is 0.746. The Balaban J connectivity index is 1.86. The average molecular weight is 199 g/mol. The van der Waals surface area contributed by atoms with E-state index in [2.05, 4.69) is 24.1 Å². The van der Waals surface area contributed by atoms with Gasteiger partial charge >= 0.3 is 0 Å². The molecule has 0 aromatic carbocycles. The third-order valence-electron chi connectivity index (χ3n) is 3.77. The lowest BCUT2D eigenvalue weighted by molar-refractivity contribution is 0.153. The van der Waals surface area contributed by atoms with Gasteiger partial charge in [0.05, 0.1) is 0 Å². The van der Waals surface area contributed by atoms with Crippen LogP contribution in [0.15, 0.2) is 0 Å². The Bertz CT molecular complexity index is 150. The van der Waals surface area contributed by atoms with Crippen LogP contribution >= 0.6 is 11.8 Å². The molecule has 1 N–H and O–H groups in total. The van der Waals surface area contributed by atoms with E-state index in [1.54, 1.807) is 0 Å². The van der Waals surface area contributed by atoms with Crippen LogP contribution < -0.4 is 5.32 Å². The topological polar surface area (TPSA) is 12.0 Å². The maximum atomic E-state index is 3.38. The minimum Gasteiger partial charge on any atom is -0.319 e. The highest BCUT2D eigenvalue weighted by molar-refractivity contribution is 7.99. The maximum Gasteiger partial charge on any atom is -0.00179 e. The summed E-state index contributed by atoms with van der Waals surface area (Å²) in [6.45, 7) is 1.26. The molecule has 76 valence electrons. The van der Waals surface area contributed by atoms with Gasteiger partial charge in [-0.25, -0.2) is 0 Å². The van der Waals surface area contributed by atoms with Gasteiger partial charge in [0.25, 0.3) is 0 Å². The van der Waals surface area contributed by atoms with Crippen molar-refractivity contribution < 1.29 is 0 Å². The molecule has 2 heteroatoms. The first kappa shape index (κ1) is 9.85. The van der Waals surface area contributed by atoms with Crippen molar-refractivity contribution in [3.05, 3.63) is 0 Å². The third kappa shape index (κ3) is 2.21. The van der Waals surface area contributed by atoms with Crippen LogP contribution in [-0.2, 0) is 0 Å². The van der Waals surface area contributed by atoms with Gasteiger partial charge in [-0.3, -0.25) is 0 Å². The highest BCUT2D eigenvalue weighted by Crippen LogP contribution is 2.41. The van der Waals surface area contributed by atoms with Gasteiger partial charge in [0, 0.05) is 0 Å². The molecule has 1 nitrogen and oxygen atoms in total. The summed E-state index contributed by atoms with van der Waals surface area (Å²) in [4.78, 5) is 0. The van der Waals surface area contributed by atoms with Crippen molar-refractivity contribution in [1.29, 1.82) is 0 Å². The van der Waals surface area contributed by atoms with Crippen LogP contribution in [0.4, 0.5) is 0 Å². The molecule has 1 aliphatic heterocycles. The Labute approximate surface area is 86.0 Å². The molecule has 0 bridgehead atoms. The normalized spacial score (nSPS) is 31.6. The van der Waals surface area contributed by atoms with Crippen LogP contribution in [0.2, 0.25) is 0 Å². The lowest BCUT2D eigenvalue weighted by Crippen LogP contribution is -2.35. The largest absolute Gasteiger partial charge is 0.319 e. The molecule has 1 heterocycles. The van der Waals surface area contributed by atoms with E-state index in [-0.39, 0.29) is 0 Å². The van der Waals surface area contributed by atoms with Gasteiger partial charge in [-0.15, -0.1) is 0 Å². The molecule has 0 amide bonds. The lowest BCUT2D eigenvalue weighted by Gasteiger charge is -2.37. The smallest absolute Gasteiger partial charge is 0.00179 e. The summed E-state index contributed by atoms with van der Waals surface area (Å²) in [6.07, 6.45) is 5.99. The molecule has 2 rings (SSSR count). The SMILES string of the molecule is CNCC(C1CCC1)C1CCSC1. The highest BCUT2D eigenvalue weighted by Gasteiger charge is 2.34. The Morgan fingerprint density at radius 2 is 2.15 bits per heavy atom. The molecule has 1 saturated carbocycles. The number of hydrogen-bond acceptors (Lipinski definition) is 2. The third-order valence-corrected chi connectivity index (χ3v) is 4.95. The monoisotopic (exact) mass is 199 g/mol. The van der Waals surface area contributed by atoms with Crippen molar-refractivity contribution in [3.63, 3.8) is 0 Å².